The van der Waals surface area contributed by atoms with Crippen LogP contribution in [0.25, 0.3) is 0 Å². The fourth-order valence-electron chi connectivity index (χ4n) is 1.31. The van der Waals surface area contributed by atoms with Gasteiger partial charge in [-0.05, 0) is 19.1 Å². The molecule has 0 radical (unpaired) electrons. The molecule has 0 atom stereocenters. The molecule has 1 aromatic carbocycles. The van der Waals surface area contributed by atoms with E-state index in [9.17, 15) is 19.2 Å². The minimum absolute atomic E-state index is 0.250. The fraction of sp³-hybridized carbons (Fsp3) is 0.167. The van der Waals surface area contributed by atoms with Crippen LogP contribution >= 0.6 is 0 Å². The average molecular weight is 300 g/mol. The molecule has 5 N–H and O–H groups in total. The van der Waals surface area contributed by atoms with Crippen molar-refractivity contribution in [3.63, 3.8) is 0 Å². The van der Waals surface area contributed by atoms with Gasteiger partial charge in [0.15, 0.2) is 0 Å². The highest BCUT2D eigenvalue weighted by molar-refractivity contribution is 6.09. The van der Waals surface area contributed by atoms with Crippen LogP contribution < -0.4 is 0 Å². The van der Waals surface area contributed by atoms with Crippen molar-refractivity contribution in [3.8, 4) is 0 Å². The minimum Gasteiger partial charge on any atom is -0.478 e. The molecule has 0 aromatic heterocycles. The molecule has 0 aliphatic carbocycles. The van der Waals surface area contributed by atoms with Gasteiger partial charge in [0, 0.05) is 6.61 Å². The van der Waals surface area contributed by atoms with Crippen LogP contribution in [0.5, 0.6) is 0 Å². The van der Waals surface area contributed by atoms with E-state index < -0.39 is 46.1 Å². The Balaban J connectivity index is 0.00000122. The third-order valence-corrected chi connectivity index (χ3v) is 2.08. The lowest BCUT2D eigenvalue weighted by Gasteiger charge is -2.06. The van der Waals surface area contributed by atoms with Crippen LogP contribution in [0.2, 0.25) is 0 Å². The number of aliphatic hydroxyl groups excluding tert-OH is 1. The smallest absolute Gasteiger partial charge is 0.336 e. The number of aromatic carboxylic acids is 4. The maximum Gasteiger partial charge on any atom is 0.336 e. The molecule has 1 rings (SSSR count). The highest BCUT2D eigenvalue weighted by atomic mass is 16.4. The van der Waals surface area contributed by atoms with Crippen LogP contribution in [0.3, 0.4) is 0 Å². The molecule has 9 heteroatoms. The number of carboxylic acids is 4. The first kappa shape index (κ1) is 18.1. The van der Waals surface area contributed by atoms with E-state index in [1.807, 2.05) is 0 Å². The summed E-state index contributed by atoms with van der Waals surface area (Å²) in [6.07, 6.45) is 0. The largest absolute Gasteiger partial charge is 0.478 e. The van der Waals surface area contributed by atoms with Crippen molar-refractivity contribution < 1.29 is 44.7 Å². The molecule has 0 saturated heterocycles. The zero-order valence-corrected chi connectivity index (χ0v) is 10.7. The van der Waals surface area contributed by atoms with Gasteiger partial charge >= 0.3 is 23.9 Å². The Kier molecular flexibility index (Phi) is 6.54. The van der Waals surface area contributed by atoms with E-state index in [-0.39, 0.29) is 6.61 Å². The summed E-state index contributed by atoms with van der Waals surface area (Å²) >= 11 is 0. The van der Waals surface area contributed by atoms with Gasteiger partial charge in [-0.25, -0.2) is 19.2 Å². The van der Waals surface area contributed by atoms with Crippen LogP contribution in [0.15, 0.2) is 12.1 Å². The monoisotopic (exact) mass is 300 g/mol. The van der Waals surface area contributed by atoms with Gasteiger partial charge in [0.25, 0.3) is 0 Å². The van der Waals surface area contributed by atoms with Crippen LogP contribution in [0.1, 0.15) is 48.4 Å². The summed E-state index contributed by atoms with van der Waals surface area (Å²) in [4.78, 5) is 43.1. The van der Waals surface area contributed by atoms with E-state index in [1.54, 1.807) is 6.92 Å². The highest BCUT2D eigenvalue weighted by Crippen LogP contribution is 2.18. The summed E-state index contributed by atoms with van der Waals surface area (Å²) in [5.41, 5.74) is -3.15. The van der Waals surface area contributed by atoms with E-state index in [1.165, 1.54) is 0 Å². The molecule has 0 bridgehead atoms. The van der Waals surface area contributed by atoms with Crippen molar-refractivity contribution in [2.24, 2.45) is 0 Å². The normalized spacial score (nSPS) is 9.24. The quantitative estimate of drug-likeness (QED) is 0.530. The van der Waals surface area contributed by atoms with E-state index in [0.29, 0.717) is 12.1 Å². The third kappa shape index (κ3) is 4.58. The molecule has 0 heterocycles. The van der Waals surface area contributed by atoms with Crippen LogP contribution in [0, 0.1) is 0 Å². The lowest BCUT2D eigenvalue weighted by atomic mass is 9.98. The number of hydrogen-bond donors (Lipinski definition) is 5. The first-order chi connectivity index (χ1) is 9.67. The summed E-state index contributed by atoms with van der Waals surface area (Å²) in [5, 5.41) is 42.6. The van der Waals surface area contributed by atoms with Crippen molar-refractivity contribution in [1.82, 2.24) is 0 Å². The predicted molar refractivity (Wildman–Crippen MR) is 67.0 cm³/mol. The number of benzene rings is 1. The molecule has 0 saturated carbocycles. The van der Waals surface area contributed by atoms with Crippen molar-refractivity contribution in [2.45, 2.75) is 6.92 Å². The minimum atomic E-state index is -1.66. The van der Waals surface area contributed by atoms with Gasteiger partial charge in [0.05, 0.1) is 22.3 Å². The molecule has 0 fully saturated rings. The van der Waals surface area contributed by atoms with Gasteiger partial charge in [0.2, 0.25) is 0 Å². The lowest BCUT2D eigenvalue weighted by Crippen LogP contribution is -2.15. The number of hydrogen-bond acceptors (Lipinski definition) is 5. The molecule has 21 heavy (non-hydrogen) atoms. The van der Waals surface area contributed by atoms with Crippen LogP contribution in [-0.2, 0) is 0 Å². The Labute approximate surface area is 117 Å². The number of aliphatic hydroxyl groups is 1. The third-order valence-electron chi connectivity index (χ3n) is 2.08. The Morgan fingerprint density at radius 3 is 0.952 bits per heavy atom. The first-order valence-electron chi connectivity index (χ1n) is 5.39. The van der Waals surface area contributed by atoms with E-state index in [0.717, 1.165) is 0 Å². The second-order valence-corrected chi connectivity index (χ2v) is 3.48. The van der Waals surface area contributed by atoms with Crippen LogP contribution in [-0.4, -0.2) is 56.0 Å². The standard InChI is InChI=1S/C10H6O8.C2H6O/c11-7(12)3-1-4(8(13)14)6(10(17)18)2-5(3)9(15)16;1-2-3/h1-2H,(H,11,12)(H,13,14)(H,15,16)(H,17,18);3H,2H2,1H3. The maximum atomic E-state index is 10.8. The van der Waals surface area contributed by atoms with Gasteiger partial charge in [-0.1, -0.05) is 0 Å². The predicted octanol–water partition coefficient (Wildman–Crippen LogP) is 0.478. The highest BCUT2D eigenvalue weighted by Gasteiger charge is 2.24. The molecule has 0 unspecified atom stereocenters. The first-order valence-corrected chi connectivity index (χ1v) is 5.39. The van der Waals surface area contributed by atoms with Crippen molar-refractivity contribution >= 4 is 23.9 Å². The zero-order chi connectivity index (χ0) is 16.7. The maximum absolute atomic E-state index is 10.8. The lowest BCUT2D eigenvalue weighted by molar-refractivity contribution is 0.0637. The summed E-state index contributed by atoms with van der Waals surface area (Å²) in [6, 6.07) is 1.02. The molecular formula is C12H12O9. The molecular weight excluding hydrogens is 288 g/mol. The molecule has 0 amide bonds. The Bertz CT molecular complexity index is 490. The van der Waals surface area contributed by atoms with Gasteiger partial charge in [0.1, 0.15) is 0 Å². The topological polar surface area (TPSA) is 169 Å². The number of carbonyl (C=O) groups is 4. The SMILES string of the molecule is CCO.O=C(O)c1cc(C(=O)O)c(C(=O)O)cc1C(=O)O. The van der Waals surface area contributed by atoms with Gasteiger partial charge in [-0.15, -0.1) is 0 Å². The van der Waals surface area contributed by atoms with Crippen molar-refractivity contribution in [1.29, 1.82) is 0 Å². The Hall–Kier alpha value is -2.94. The van der Waals surface area contributed by atoms with E-state index in [4.69, 9.17) is 25.5 Å². The summed E-state index contributed by atoms with van der Waals surface area (Å²) in [5.74, 6) is -6.64. The van der Waals surface area contributed by atoms with Crippen molar-refractivity contribution in [2.75, 3.05) is 6.61 Å². The average Bonchev–Trinajstić information content (AvgIpc) is 2.37. The summed E-state index contributed by atoms with van der Waals surface area (Å²) in [7, 11) is 0. The number of carboxylic acid groups (broad SMARTS) is 4. The fourth-order valence-corrected chi connectivity index (χ4v) is 1.31. The molecule has 0 spiro atoms. The number of rotatable bonds is 4. The van der Waals surface area contributed by atoms with Crippen molar-refractivity contribution in [3.05, 3.63) is 34.4 Å². The second kappa shape index (κ2) is 7.60. The van der Waals surface area contributed by atoms with Gasteiger partial charge < -0.3 is 25.5 Å². The molecule has 0 aliphatic rings. The zero-order valence-electron chi connectivity index (χ0n) is 10.7. The molecule has 114 valence electrons. The summed E-state index contributed by atoms with van der Waals surface area (Å²) < 4.78 is 0. The summed E-state index contributed by atoms with van der Waals surface area (Å²) in [6.45, 7) is 1.93. The van der Waals surface area contributed by atoms with Gasteiger partial charge in [-0.3, -0.25) is 0 Å². The molecule has 0 aliphatic heterocycles. The van der Waals surface area contributed by atoms with Crippen LogP contribution in [0.4, 0.5) is 0 Å². The van der Waals surface area contributed by atoms with E-state index >= 15 is 0 Å². The Morgan fingerprint density at radius 1 is 0.714 bits per heavy atom. The second-order valence-electron chi connectivity index (χ2n) is 3.48. The van der Waals surface area contributed by atoms with Gasteiger partial charge in [-0.2, -0.15) is 0 Å². The van der Waals surface area contributed by atoms with E-state index in [2.05, 4.69) is 0 Å². The Morgan fingerprint density at radius 2 is 0.857 bits per heavy atom. The molecule has 1 aromatic rings. The molecule has 9 nitrogen and oxygen atoms in total.